The van der Waals surface area contributed by atoms with Crippen molar-refractivity contribution in [2.45, 2.75) is 13.3 Å². The van der Waals surface area contributed by atoms with Crippen LogP contribution in [0.3, 0.4) is 0 Å². The molecule has 0 aliphatic rings. The van der Waals surface area contributed by atoms with Crippen molar-refractivity contribution in [3.05, 3.63) is 29.6 Å². The second-order valence-corrected chi connectivity index (χ2v) is 3.83. The van der Waals surface area contributed by atoms with Crippen LogP contribution in [0.25, 0.3) is 11.3 Å². The molecule has 90 valence electrons. The lowest BCUT2D eigenvalue weighted by Crippen LogP contribution is -1.95. The first-order chi connectivity index (χ1) is 7.97. The summed E-state index contributed by atoms with van der Waals surface area (Å²) in [6, 6.07) is 3.23. The topological polar surface area (TPSA) is 56.7 Å². The maximum absolute atomic E-state index is 12.8. The quantitative estimate of drug-likeness (QED) is 0.873. The monoisotopic (exact) mass is 238 g/mol. The van der Waals surface area contributed by atoms with E-state index in [1.807, 2.05) is 0 Å². The number of aryl methyl sites for hydroxylation is 2. The van der Waals surface area contributed by atoms with Crippen molar-refractivity contribution in [3.63, 3.8) is 0 Å². The molecule has 0 aliphatic carbocycles. The molecule has 2 aromatic rings. The molecule has 0 fully saturated rings. The Bertz CT molecular complexity index is 528. The van der Waals surface area contributed by atoms with E-state index in [0.717, 1.165) is 0 Å². The summed E-state index contributed by atoms with van der Waals surface area (Å²) in [4.78, 5) is 4.00. The Hall–Kier alpha value is -1.98. The molecule has 0 unspecified atom stereocenters. The van der Waals surface area contributed by atoms with Crippen LogP contribution in [-0.2, 0) is 7.05 Å². The van der Waals surface area contributed by atoms with Gasteiger partial charge in [-0.3, -0.25) is 4.68 Å². The SMILES string of the molecule is Cc1cc(-c2nn(C)cc2C(F)F)cc(N)n1. The fourth-order valence-electron chi connectivity index (χ4n) is 1.72. The molecule has 6 heteroatoms. The molecule has 0 spiro atoms. The van der Waals surface area contributed by atoms with Gasteiger partial charge in [-0.2, -0.15) is 5.10 Å². The molecular formula is C11H12F2N4. The van der Waals surface area contributed by atoms with Gasteiger partial charge in [0.1, 0.15) is 11.5 Å². The molecule has 0 aliphatic heterocycles. The van der Waals surface area contributed by atoms with Crippen LogP contribution in [0.4, 0.5) is 14.6 Å². The normalized spacial score (nSPS) is 11.1. The maximum atomic E-state index is 12.8. The number of halogens is 2. The lowest BCUT2D eigenvalue weighted by Gasteiger charge is -2.03. The van der Waals surface area contributed by atoms with Gasteiger partial charge in [0.2, 0.25) is 0 Å². The van der Waals surface area contributed by atoms with Crippen molar-refractivity contribution in [1.29, 1.82) is 0 Å². The summed E-state index contributed by atoms with van der Waals surface area (Å²) in [5.41, 5.74) is 6.98. The average Bonchev–Trinajstić information content (AvgIpc) is 2.59. The Kier molecular flexibility index (Phi) is 2.79. The number of hydrogen-bond acceptors (Lipinski definition) is 3. The summed E-state index contributed by atoms with van der Waals surface area (Å²) in [6.07, 6.45) is -1.25. The van der Waals surface area contributed by atoms with Crippen LogP contribution in [-0.4, -0.2) is 14.8 Å². The number of rotatable bonds is 2. The zero-order valence-corrected chi connectivity index (χ0v) is 9.48. The van der Waals surface area contributed by atoms with Gasteiger partial charge in [-0.15, -0.1) is 0 Å². The van der Waals surface area contributed by atoms with Crippen LogP contribution < -0.4 is 5.73 Å². The van der Waals surface area contributed by atoms with Gasteiger partial charge in [-0.1, -0.05) is 0 Å². The number of aromatic nitrogens is 3. The average molecular weight is 238 g/mol. The number of pyridine rings is 1. The molecule has 0 bridgehead atoms. The number of nitrogen functional groups attached to an aromatic ring is 1. The molecule has 2 rings (SSSR count). The molecule has 0 atom stereocenters. The van der Waals surface area contributed by atoms with Gasteiger partial charge in [0, 0.05) is 24.5 Å². The Morgan fingerprint density at radius 3 is 2.65 bits per heavy atom. The molecule has 0 amide bonds. The van der Waals surface area contributed by atoms with Gasteiger partial charge >= 0.3 is 0 Å². The highest BCUT2D eigenvalue weighted by atomic mass is 19.3. The van der Waals surface area contributed by atoms with E-state index in [1.165, 1.54) is 10.9 Å². The fourth-order valence-corrected chi connectivity index (χ4v) is 1.72. The van der Waals surface area contributed by atoms with E-state index >= 15 is 0 Å². The maximum Gasteiger partial charge on any atom is 0.267 e. The molecule has 2 heterocycles. The molecule has 2 N–H and O–H groups in total. The summed E-state index contributed by atoms with van der Waals surface area (Å²) >= 11 is 0. The van der Waals surface area contributed by atoms with E-state index in [1.54, 1.807) is 26.1 Å². The van der Waals surface area contributed by atoms with Crippen molar-refractivity contribution in [2.24, 2.45) is 7.05 Å². The van der Waals surface area contributed by atoms with E-state index in [0.29, 0.717) is 17.1 Å². The molecule has 0 aromatic carbocycles. The summed E-state index contributed by atoms with van der Waals surface area (Å²) in [5.74, 6) is 0.297. The smallest absolute Gasteiger partial charge is 0.267 e. The van der Waals surface area contributed by atoms with Gasteiger partial charge in [-0.05, 0) is 19.1 Å². The van der Waals surface area contributed by atoms with Gasteiger partial charge in [-0.25, -0.2) is 13.8 Å². The largest absolute Gasteiger partial charge is 0.384 e. The Morgan fingerprint density at radius 2 is 2.06 bits per heavy atom. The number of nitrogens with zero attached hydrogens (tertiary/aromatic N) is 3. The number of anilines is 1. The van der Waals surface area contributed by atoms with Crippen LogP contribution in [0.5, 0.6) is 0 Å². The van der Waals surface area contributed by atoms with E-state index in [4.69, 9.17) is 5.73 Å². The lowest BCUT2D eigenvalue weighted by molar-refractivity contribution is 0.152. The first kappa shape index (κ1) is 11.5. The van der Waals surface area contributed by atoms with E-state index in [2.05, 4.69) is 10.1 Å². The summed E-state index contributed by atoms with van der Waals surface area (Å²) < 4.78 is 27.0. The van der Waals surface area contributed by atoms with E-state index in [-0.39, 0.29) is 11.3 Å². The van der Waals surface area contributed by atoms with Gasteiger partial charge in [0.05, 0.1) is 5.56 Å². The first-order valence-corrected chi connectivity index (χ1v) is 5.03. The zero-order chi connectivity index (χ0) is 12.6. The third-order valence-corrected chi connectivity index (χ3v) is 2.34. The molecule has 2 aromatic heterocycles. The highest BCUT2D eigenvalue weighted by Gasteiger charge is 2.18. The van der Waals surface area contributed by atoms with Gasteiger partial charge in [0.25, 0.3) is 6.43 Å². The van der Waals surface area contributed by atoms with Crippen LogP contribution in [0.15, 0.2) is 18.3 Å². The van der Waals surface area contributed by atoms with Crippen LogP contribution in [0.1, 0.15) is 17.7 Å². The standard InChI is InChI=1S/C11H12F2N4/c1-6-3-7(4-9(14)15-6)10-8(11(12)13)5-17(2)16-10/h3-5,11H,1-2H3,(H2,14,15). The predicted octanol–water partition coefficient (Wildman–Crippen LogP) is 2.31. The molecule has 0 saturated heterocycles. The minimum atomic E-state index is -2.56. The number of hydrogen-bond donors (Lipinski definition) is 1. The van der Waals surface area contributed by atoms with Crippen LogP contribution in [0, 0.1) is 6.92 Å². The second-order valence-electron chi connectivity index (χ2n) is 3.83. The summed E-state index contributed by atoms with van der Waals surface area (Å²) in [7, 11) is 1.60. The number of nitrogens with two attached hydrogens (primary N) is 1. The van der Waals surface area contributed by atoms with Gasteiger partial charge < -0.3 is 5.73 Å². The Morgan fingerprint density at radius 1 is 1.35 bits per heavy atom. The summed E-state index contributed by atoms with van der Waals surface area (Å²) in [6.45, 7) is 1.75. The fraction of sp³-hybridized carbons (Fsp3) is 0.273. The third-order valence-electron chi connectivity index (χ3n) is 2.34. The summed E-state index contributed by atoms with van der Waals surface area (Å²) in [5, 5.41) is 4.04. The first-order valence-electron chi connectivity index (χ1n) is 5.03. The Labute approximate surface area is 97.1 Å². The molecule has 0 saturated carbocycles. The third kappa shape index (κ3) is 2.25. The highest BCUT2D eigenvalue weighted by molar-refractivity contribution is 5.66. The lowest BCUT2D eigenvalue weighted by atomic mass is 10.1. The van der Waals surface area contributed by atoms with Crippen molar-refractivity contribution in [2.75, 3.05) is 5.73 Å². The van der Waals surface area contributed by atoms with Gasteiger partial charge in [0.15, 0.2) is 0 Å². The Balaban J connectivity index is 2.59. The van der Waals surface area contributed by atoms with Crippen LogP contribution >= 0.6 is 0 Å². The molecular weight excluding hydrogens is 226 g/mol. The minimum Gasteiger partial charge on any atom is -0.384 e. The predicted molar refractivity (Wildman–Crippen MR) is 60.5 cm³/mol. The van der Waals surface area contributed by atoms with Crippen molar-refractivity contribution in [3.8, 4) is 11.3 Å². The minimum absolute atomic E-state index is 0.0995. The molecule has 17 heavy (non-hydrogen) atoms. The van der Waals surface area contributed by atoms with Crippen molar-refractivity contribution >= 4 is 5.82 Å². The highest BCUT2D eigenvalue weighted by Crippen LogP contribution is 2.30. The molecule has 4 nitrogen and oxygen atoms in total. The zero-order valence-electron chi connectivity index (χ0n) is 9.48. The van der Waals surface area contributed by atoms with Crippen molar-refractivity contribution < 1.29 is 8.78 Å². The van der Waals surface area contributed by atoms with Crippen molar-refractivity contribution in [1.82, 2.24) is 14.8 Å². The number of alkyl halides is 2. The van der Waals surface area contributed by atoms with E-state index in [9.17, 15) is 8.78 Å². The molecule has 0 radical (unpaired) electrons. The second kappa shape index (κ2) is 4.12. The van der Waals surface area contributed by atoms with E-state index < -0.39 is 6.43 Å². The van der Waals surface area contributed by atoms with Crippen LogP contribution in [0.2, 0.25) is 0 Å².